The van der Waals surface area contributed by atoms with E-state index in [4.69, 9.17) is 10.5 Å². The number of carbonyl (C=O) groups excluding carboxylic acids is 1. The molecule has 2 aliphatic rings. The van der Waals surface area contributed by atoms with Gasteiger partial charge in [-0.15, -0.1) is 0 Å². The Bertz CT molecular complexity index is 646. The number of ether oxygens (including phenoxy) is 1. The number of hydrogen-bond donors (Lipinski definition) is 1. The molecule has 0 aliphatic carbocycles. The van der Waals surface area contributed by atoms with Gasteiger partial charge in [-0.1, -0.05) is 32.6 Å². The molecular weight excluding hydrogens is 354 g/mol. The van der Waals surface area contributed by atoms with E-state index in [2.05, 4.69) is 21.8 Å². The van der Waals surface area contributed by atoms with Crippen LogP contribution in [0.4, 0.5) is 11.6 Å². The Morgan fingerprint density at radius 2 is 1.75 bits per heavy atom. The van der Waals surface area contributed by atoms with Crippen molar-refractivity contribution in [2.75, 3.05) is 43.4 Å². The van der Waals surface area contributed by atoms with Crippen LogP contribution in [0, 0.1) is 0 Å². The quantitative estimate of drug-likeness (QED) is 0.585. The van der Waals surface area contributed by atoms with Gasteiger partial charge in [0, 0.05) is 12.1 Å². The first-order valence-corrected chi connectivity index (χ1v) is 11.0. The van der Waals surface area contributed by atoms with Crippen molar-refractivity contribution < 1.29 is 9.53 Å². The molecule has 0 bridgehead atoms. The Hall–Kier alpha value is -1.89. The largest absolute Gasteiger partial charge is 0.463 e. The van der Waals surface area contributed by atoms with E-state index in [1.807, 2.05) is 0 Å². The van der Waals surface area contributed by atoms with E-state index >= 15 is 0 Å². The third-order valence-corrected chi connectivity index (χ3v) is 5.67. The molecule has 7 heteroatoms. The molecule has 7 nitrogen and oxygen atoms in total. The van der Waals surface area contributed by atoms with E-state index < -0.39 is 0 Å². The van der Waals surface area contributed by atoms with Crippen LogP contribution < -0.4 is 15.4 Å². The monoisotopic (exact) mass is 389 g/mol. The van der Waals surface area contributed by atoms with Crippen LogP contribution in [-0.4, -0.2) is 53.6 Å². The smallest absolute Gasteiger partial charge is 0.320 e. The van der Waals surface area contributed by atoms with Gasteiger partial charge in [0.2, 0.25) is 5.91 Å². The van der Waals surface area contributed by atoms with Gasteiger partial charge in [0.1, 0.15) is 11.6 Å². The average Bonchev–Trinajstić information content (AvgIpc) is 3.02. The van der Waals surface area contributed by atoms with E-state index in [1.54, 1.807) is 4.90 Å². The molecule has 3 rings (SSSR count). The zero-order valence-corrected chi connectivity index (χ0v) is 17.3. The minimum absolute atomic E-state index is 0.0648. The van der Waals surface area contributed by atoms with Crippen LogP contribution in [0.25, 0.3) is 0 Å². The number of piperidine rings is 1. The van der Waals surface area contributed by atoms with E-state index in [1.165, 1.54) is 51.7 Å². The second-order valence-electron chi connectivity index (χ2n) is 7.93. The molecule has 1 saturated heterocycles. The van der Waals surface area contributed by atoms with Crippen LogP contribution in [0.15, 0.2) is 0 Å². The summed E-state index contributed by atoms with van der Waals surface area (Å²) < 4.78 is 5.61. The summed E-state index contributed by atoms with van der Waals surface area (Å²) >= 11 is 0. The van der Waals surface area contributed by atoms with Gasteiger partial charge in [-0.3, -0.25) is 9.69 Å². The lowest BCUT2D eigenvalue weighted by molar-refractivity contribution is -0.117. The van der Waals surface area contributed by atoms with E-state index in [0.29, 0.717) is 31.2 Å². The molecule has 0 radical (unpaired) electrons. The molecule has 0 spiro atoms. The van der Waals surface area contributed by atoms with Crippen molar-refractivity contribution in [3.63, 3.8) is 0 Å². The van der Waals surface area contributed by atoms with Gasteiger partial charge in [0.05, 0.1) is 13.0 Å². The summed E-state index contributed by atoms with van der Waals surface area (Å²) in [6.45, 7) is 7.12. The fourth-order valence-corrected chi connectivity index (χ4v) is 3.97. The molecule has 2 N–H and O–H groups in total. The van der Waals surface area contributed by atoms with E-state index in [-0.39, 0.29) is 11.9 Å². The van der Waals surface area contributed by atoms with Crippen molar-refractivity contribution in [3.05, 3.63) is 5.56 Å². The Balaban J connectivity index is 1.45. The summed E-state index contributed by atoms with van der Waals surface area (Å²) in [5.74, 6) is 1.08. The van der Waals surface area contributed by atoms with Crippen LogP contribution in [0.1, 0.15) is 70.3 Å². The Labute approximate surface area is 168 Å². The number of likely N-dealkylation sites (tertiary alicyclic amines) is 1. The fourth-order valence-electron chi connectivity index (χ4n) is 3.97. The molecule has 28 heavy (non-hydrogen) atoms. The first-order valence-electron chi connectivity index (χ1n) is 11.0. The van der Waals surface area contributed by atoms with Crippen LogP contribution in [-0.2, 0) is 11.2 Å². The SMILES string of the molecule is CCCCOc1nc(N)c2c(n1)N(CCCCCCN1CCCCC1)C(=O)C2. The number of rotatable bonds is 11. The number of nitrogens with zero attached hydrogens (tertiary/aromatic N) is 4. The van der Waals surface area contributed by atoms with Gasteiger partial charge in [0.15, 0.2) is 0 Å². The summed E-state index contributed by atoms with van der Waals surface area (Å²) in [6.07, 6.45) is 11.0. The van der Waals surface area contributed by atoms with Gasteiger partial charge in [-0.2, -0.15) is 9.97 Å². The maximum Gasteiger partial charge on any atom is 0.320 e. The molecule has 156 valence electrons. The molecule has 0 saturated carbocycles. The standard InChI is InChI=1S/C21H35N5O2/c1-2-3-15-28-21-23-19(22)17-16-18(27)26(20(17)24-21)14-10-5-4-7-11-25-12-8-6-9-13-25/h2-16H2,1H3,(H2,22,23,24). The Kier molecular flexibility index (Phi) is 7.89. The lowest BCUT2D eigenvalue weighted by atomic mass is 10.1. The van der Waals surface area contributed by atoms with Gasteiger partial charge < -0.3 is 15.4 Å². The van der Waals surface area contributed by atoms with Crippen LogP contribution in [0.5, 0.6) is 6.01 Å². The summed E-state index contributed by atoms with van der Waals surface area (Å²) in [5.41, 5.74) is 6.80. The second-order valence-corrected chi connectivity index (χ2v) is 7.93. The number of amides is 1. The first-order chi connectivity index (χ1) is 13.7. The minimum Gasteiger partial charge on any atom is -0.463 e. The number of nitrogens with two attached hydrogens (primary N) is 1. The number of carbonyl (C=O) groups is 1. The molecule has 2 aliphatic heterocycles. The zero-order valence-electron chi connectivity index (χ0n) is 17.3. The number of fused-ring (bicyclic) bond motifs is 1. The average molecular weight is 390 g/mol. The van der Waals surface area contributed by atoms with Crippen molar-refractivity contribution in [1.82, 2.24) is 14.9 Å². The molecule has 0 aromatic carbocycles. The van der Waals surface area contributed by atoms with Crippen molar-refractivity contribution in [3.8, 4) is 6.01 Å². The zero-order chi connectivity index (χ0) is 19.8. The number of nitrogen functional groups attached to an aromatic ring is 1. The number of anilines is 2. The predicted octanol–water partition coefficient (Wildman–Crippen LogP) is 3.17. The number of unbranched alkanes of at least 4 members (excludes halogenated alkanes) is 4. The van der Waals surface area contributed by atoms with Gasteiger partial charge in [-0.05, 0) is 51.7 Å². The highest BCUT2D eigenvalue weighted by molar-refractivity contribution is 6.01. The second kappa shape index (κ2) is 10.6. The van der Waals surface area contributed by atoms with E-state index in [9.17, 15) is 4.79 Å². The Morgan fingerprint density at radius 3 is 2.50 bits per heavy atom. The van der Waals surface area contributed by atoms with Crippen LogP contribution in [0.3, 0.4) is 0 Å². The summed E-state index contributed by atoms with van der Waals surface area (Å²) in [4.78, 5) is 25.5. The van der Waals surface area contributed by atoms with Crippen molar-refractivity contribution in [1.29, 1.82) is 0 Å². The molecule has 1 aromatic rings. The normalized spacial score (nSPS) is 17.2. The minimum atomic E-state index is 0.0648. The maximum atomic E-state index is 12.4. The van der Waals surface area contributed by atoms with E-state index in [0.717, 1.165) is 31.2 Å². The van der Waals surface area contributed by atoms with Gasteiger partial charge in [-0.25, -0.2) is 0 Å². The highest BCUT2D eigenvalue weighted by Crippen LogP contribution is 2.32. The summed E-state index contributed by atoms with van der Waals surface area (Å²) in [6, 6.07) is 0.283. The van der Waals surface area contributed by atoms with Crippen LogP contribution in [0.2, 0.25) is 0 Å². The summed E-state index contributed by atoms with van der Waals surface area (Å²) in [5, 5.41) is 0. The fraction of sp³-hybridized carbons (Fsp3) is 0.762. The van der Waals surface area contributed by atoms with Crippen LogP contribution >= 0.6 is 0 Å². The molecule has 1 aromatic heterocycles. The Morgan fingerprint density at radius 1 is 1.00 bits per heavy atom. The first kappa shape index (κ1) is 20.8. The molecule has 1 amide bonds. The highest BCUT2D eigenvalue weighted by atomic mass is 16.5. The summed E-state index contributed by atoms with van der Waals surface area (Å²) in [7, 11) is 0. The third-order valence-electron chi connectivity index (χ3n) is 5.67. The maximum absolute atomic E-state index is 12.4. The predicted molar refractivity (Wildman–Crippen MR) is 112 cm³/mol. The lowest BCUT2D eigenvalue weighted by Crippen LogP contribution is -2.30. The van der Waals surface area contributed by atoms with Crippen molar-refractivity contribution in [2.24, 2.45) is 0 Å². The molecular formula is C21H35N5O2. The number of aromatic nitrogens is 2. The number of hydrogen-bond acceptors (Lipinski definition) is 6. The highest BCUT2D eigenvalue weighted by Gasteiger charge is 2.31. The van der Waals surface area contributed by atoms with Crippen molar-refractivity contribution in [2.45, 2.75) is 71.1 Å². The molecule has 0 unspecified atom stereocenters. The molecule has 1 fully saturated rings. The van der Waals surface area contributed by atoms with Crippen molar-refractivity contribution >= 4 is 17.5 Å². The third kappa shape index (κ3) is 5.56. The topological polar surface area (TPSA) is 84.6 Å². The van der Waals surface area contributed by atoms with Gasteiger partial charge in [0.25, 0.3) is 0 Å². The van der Waals surface area contributed by atoms with Gasteiger partial charge >= 0.3 is 6.01 Å². The molecule has 0 atom stereocenters. The molecule has 3 heterocycles. The lowest BCUT2D eigenvalue weighted by Gasteiger charge is -2.26.